The third kappa shape index (κ3) is 3.77. The molecule has 0 unspecified atom stereocenters. The maximum absolute atomic E-state index is 7.55. The summed E-state index contributed by atoms with van der Waals surface area (Å²) in [5.74, 6) is 3.75. The number of amidine groups is 1. The number of imidazole rings is 1. The van der Waals surface area contributed by atoms with Gasteiger partial charge in [0.25, 0.3) is 0 Å². The van der Waals surface area contributed by atoms with Crippen LogP contribution in [0.3, 0.4) is 0 Å². The van der Waals surface area contributed by atoms with Crippen LogP contribution in [0.4, 0.5) is 0 Å². The second kappa shape index (κ2) is 7.21. The van der Waals surface area contributed by atoms with E-state index in [-0.39, 0.29) is 0 Å². The van der Waals surface area contributed by atoms with Gasteiger partial charge < -0.3 is 9.88 Å². The summed E-state index contributed by atoms with van der Waals surface area (Å²) >= 11 is 0. The average Bonchev–Trinajstić information content (AvgIpc) is 3.42. The number of aryl methyl sites for hydroxylation is 1. The van der Waals surface area contributed by atoms with Crippen LogP contribution in [0.2, 0.25) is 0 Å². The first-order valence-corrected chi connectivity index (χ1v) is 9.77. The van der Waals surface area contributed by atoms with Crippen molar-refractivity contribution in [3.63, 3.8) is 0 Å². The van der Waals surface area contributed by atoms with Crippen molar-refractivity contribution in [2.45, 2.75) is 58.9 Å². The number of nitrogens with zero attached hydrogens (tertiary/aromatic N) is 5. The maximum atomic E-state index is 7.55. The molecule has 2 aliphatic rings. The summed E-state index contributed by atoms with van der Waals surface area (Å²) < 4.78 is 0. The quantitative estimate of drug-likeness (QED) is 0.629. The van der Waals surface area contributed by atoms with E-state index in [2.05, 4.69) is 33.7 Å². The van der Waals surface area contributed by atoms with Crippen molar-refractivity contribution in [1.29, 1.82) is 5.41 Å². The number of hydrogen-bond donors (Lipinski definition) is 2. The molecule has 0 bridgehead atoms. The summed E-state index contributed by atoms with van der Waals surface area (Å²) in [5, 5.41) is 7.55. The molecule has 7 nitrogen and oxygen atoms in total. The van der Waals surface area contributed by atoms with Crippen LogP contribution in [-0.2, 0) is 19.4 Å². The van der Waals surface area contributed by atoms with Crippen LogP contribution < -0.4 is 0 Å². The molecule has 1 aliphatic carbocycles. The Balaban J connectivity index is 1.62. The standard InChI is InChI=1S/C20H27N7/c1-12(2)8-17-18(25-13(3)24-17)20(23-11-21)27-7-6-16-15(10-27)9-22-19(26-16)14-4-5-14/h9,11-12,14,21H,4-8,10H2,1-3H3,(H,24,25). The van der Waals surface area contributed by atoms with E-state index < -0.39 is 0 Å². The lowest BCUT2D eigenvalue weighted by molar-refractivity contribution is 0.387. The molecule has 2 N–H and O–H groups in total. The SMILES string of the molecule is Cc1nc(C(=NC=N)N2CCc3nc(C4CC4)ncc3C2)c(CC(C)C)[nH]1. The number of nitrogens with one attached hydrogen (secondary N) is 2. The number of aromatic nitrogens is 4. The van der Waals surface area contributed by atoms with Gasteiger partial charge in [0.2, 0.25) is 0 Å². The van der Waals surface area contributed by atoms with Crippen LogP contribution in [0.1, 0.15) is 66.9 Å². The zero-order valence-electron chi connectivity index (χ0n) is 16.3. The van der Waals surface area contributed by atoms with Gasteiger partial charge in [-0.05, 0) is 32.1 Å². The van der Waals surface area contributed by atoms with Crippen molar-refractivity contribution in [3.05, 3.63) is 40.5 Å². The minimum Gasteiger partial charge on any atom is -0.350 e. The predicted octanol–water partition coefficient (Wildman–Crippen LogP) is 3.00. The molecule has 27 heavy (non-hydrogen) atoms. The van der Waals surface area contributed by atoms with E-state index in [0.717, 1.165) is 65.9 Å². The minimum atomic E-state index is 0.515. The molecule has 2 aromatic rings. The Morgan fingerprint density at radius 3 is 2.93 bits per heavy atom. The molecule has 1 aliphatic heterocycles. The van der Waals surface area contributed by atoms with Gasteiger partial charge in [-0.2, -0.15) is 0 Å². The molecule has 2 aromatic heterocycles. The molecule has 4 rings (SSSR count). The van der Waals surface area contributed by atoms with Gasteiger partial charge in [0, 0.05) is 42.9 Å². The second-order valence-electron chi connectivity index (χ2n) is 7.98. The fourth-order valence-electron chi connectivity index (χ4n) is 3.69. The lowest BCUT2D eigenvalue weighted by Gasteiger charge is -2.30. The molecule has 0 atom stereocenters. The molecular formula is C20H27N7. The summed E-state index contributed by atoms with van der Waals surface area (Å²) in [6, 6.07) is 0. The number of fused-ring (bicyclic) bond motifs is 1. The highest BCUT2D eigenvalue weighted by Gasteiger charge is 2.29. The van der Waals surface area contributed by atoms with E-state index in [1.54, 1.807) is 0 Å². The molecule has 1 saturated carbocycles. The van der Waals surface area contributed by atoms with Crippen LogP contribution in [0.5, 0.6) is 0 Å². The first-order chi connectivity index (χ1) is 13.0. The van der Waals surface area contributed by atoms with Crippen molar-refractivity contribution in [2.24, 2.45) is 10.9 Å². The molecule has 0 saturated heterocycles. The van der Waals surface area contributed by atoms with E-state index >= 15 is 0 Å². The lowest BCUT2D eigenvalue weighted by atomic mass is 10.0. The van der Waals surface area contributed by atoms with E-state index in [1.807, 2.05) is 13.1 Å². The Bertz CT molecular complexity index is 876. The number of rotatable bonds is 5. The highest BCUT2D eigenvalue weighted by atomic mass is 15.2. The van der Waals surface area contributed by atoms with Crippen molar-refractivity contribution in [3.8, 4) is 0 Å². The summed E-state index contributed by atoms with van der Waals surface area (Å²) in [5.41, 5.74) is 4.27. The molecule has 0 spiro atoms. The summed E-state index contributed by atoms with van der Waals surface area (Å²) in [6.45, 7) is 7.89. The molecule has 3 heterocycles. The Kier molecular flexibility index (Phi) is 4.76. The van der Waals surface area contributed by atoms with Gasteiger partial charge in [-0.25, -0.2) is 19.9 Å². The second-order valence-corrected chi connectivity index (χ2v) is 7.98. The Hall–Kier alpha value is -2.57. The Labute approximate surface area is 159 Å². The van der Waals surface area contributed by atoms with Gasteiger partial charge in [-0.3, -0.25) is 5.41 Å². The number of H-pyrrole nitrogens is 1. The number of aliphatic imine (C=N–C) groups is 1. The summed E-state index contributed by atoms with van der Waals surface area (Å²) in [7, 11) is 0. The van der Waals surface area contributed by atoms with Crippen molar-refractivity contribution in [1.82, 2.24) is 24.8 Å². The number of aromatic amines is 1. The van der Waals surface area contributed by atoms with Gasteiger partial charge in [0.15, 0.2) is 5.84 Å². The van der Waals surface area contributed by atoms with Crippen molar-refractivity contribution < 1.29 is 0 Å². The Morgan fingerprint density at radius 1 is 1.41 bits per heavy atom. The molecule has 7 heteroatoms. The molecule has 0 aromatic carbocycles. The predicted molar refractivity (Wildman–Crippen MR) is 105 cm³/mol. The van der Waals surface area contributed by atoms with Crippen molar-refractivity contribution in [2.75, 3.05) is 6.54 Å². The smallest absolute Gasteiger partial charge is 0.158 e. The molecular weight excluding hydrogens is 338 g/mol. The summed E-state index contributed by atoms with van der Waals surface area (Å²) in [4.78, 5) is 24.1. The van der Waals surface area contributed by atoms with Crippen LogP contribution >= 0.6 is 0 Å². The van der Waals surface area contributed by atoms with Crippen molar-refractivity contribution >= 4 is 12.2 Å². The monoisotopic (exact) mass is 365 g/mol. The third-order valence-corrected chi connectivity index (χ3v) is 5.10. The minimum absolute atomic E-state index is 0.515. The molecule has 0 radical (unpaired) electrons. The fraction of sp³-hybridized carbons (Fsp3) is 0.550. The highest BCUT2D eigenvalue weighted by Crippen LogP contribution is 2.38. The first-order valence-electron chi connectivity index (χ1n) is 9.77. The first kappa shape index (κ1) is 17.8. The lowest BCUT2D eigenvalue weighted by Crippen LogP contribution is -2.38. The maximum Gasteiger partial charge on any atom is 0.158 e. The molecule has 1 fully saturated rings. The highest BCUT2D eigenvalue weighted by molar-refractivity contribution is 6.01. The van der Waals surface area contributed by atoms with Gasteiger partial charge in [0.05, 0.1) is 5.69 Å². The largest absolute Gasteiger partial charge is 0.350 e. The van der Waals surface area contributed by atoms with E-state index in [1.165, 1.54) is 12.8 Å². The van der Waals surface area contributed by atoms with Gasteiger partial charge in [0.1, 0.15) is 23.7 Å². The average molecular weight is 365 g/mol. The van der Waals surface area contributed by atoms with Crippen LogP contribution in [0, 0.1) is 18.3 Å². The van der Waals surface area contributed by atoms with E-state index in [0.29, 0.717) is 18.4 Å². The van der Waals surface area contributed by atoms with Gasteiger partial charge >= 0.3 is 0 Å². The zero-order valence-corrected chi connectivity index (χ0v) is 16.3. The van der Waals surface area contributed by atoms with E-state index in [9.17, 15) is 0 Å². The Morgan fingerprint density at radius 2 is 2.22 bits per heavy atom. The third-order valence-electron chi connectivity index (χ3n) is 5.10. The number of hydrogen-bond acceptors (Lipinski definition) is 4. The molecule has 142 valence electrons. The fourth-order valence-corrected chi connectivity index (χ4v) is 3.69. The van der Waals surface area contributed by atoms with E-state index in [4.69, 9.17) is 15.4 Å². The topological polar surface area (TPSA) is 93.9 Å². The molecule has 0 amide bonds. The van der Waals surface area contributed by atoms with Crippen LogP contribution in [0.15, 0.2) is 11.2 Å². The van der Waals surface area contributed by atoms with Gasteiger partial charge in [-0.1, -0.05) is 13.8 Å². The van der Waals surface area contributed by atoms with Crippen LogP contribution in [-0.4, -0.2) is 43.6 Å². The summed E-state index contributed by atoms with van der Waals surface area (Å²) in [6.07, 6.45) is 7.31. The van der Waals surface area contributed by atoms with Crippen LogP contribution in [0.25, 0.3) is 0 Å². The van der Waals surface area contributed by atoms with Gasteiger partial charge in [-0.15, -0.1) is 0 Å². The normalized spacial score (nSPS) is 17.3. The zero-order chi connectivity index (χ0) is 19.0.